The van der Waals surface area contributed by atoms with Crippen LogP contribution in [0.1, 0.15) is 35.6 Å². The summed E-state index contributed by atoms with van der Waals surface area (Å²) in [4.78, 5) is 2.46. The molecule has 2 atom stereocenters. The molecular weight excluding hydrogens is 208 g/mol. The van der Waals surface area contributed by atoms with Crippen molar-refractivity contribution in [3.63, 3.8) is 0 Å². The molecule has 0 aliphatic carbocycles. The molecular formula is C15H24N2. The van der Waals surface area contributed by atoms with Crippen LogP contribution in [-0.2, 0) is 0 Å². The van der Waals surface area contributed by atoms with Gasteiger partial charge in [0.05, 0.1) is 0 Å². The SMILES string of the molecule is Cc1ccc([C@@H]2[C@@H](CN)CCCN2C)cc1C. The second-order valence-electron chi connectivity index (χ2n) is 5.41. The van der Waals surface area contributed by atoms with E-state index in [9.17, 15) is 0 Å². The van der Waals surface area contributed by atoms with Crippen LogP contribution in [0.4, 0.5) is 0 Å². The van der Waals surface area contributed by atoms with E-state index in [1.807, 2.05) is 0 Å². The lowest BCUT2D eigenvalue weighted by atomic mass is 9.84. The Hall–Kier alpha value is -0.860. The predicted octanol–water partition coefficient (Wildman–Crippen LogP) is 2.65. The Kier molecular flexibility index (Phi) is 3.85. The second-order valence-corrected chi connectivity index (χ2v) is 5.41. The molecule has 2 nitrogen and oxygen atoms in total. The monoisotopic (exact) mass is 232 g/mol. The molecule has 0 saturated carbocycles. The smallest absolute Gasteiger partial charge is 0.0385 e. The van der Waals surface area contributed by atoms with Crippen LogP contribution in [0.2, 0.25) is 0 Å². The van der Waals surface area contributed by atoms with Crippen LogP contribution in [-0.4, -0.2) is 25.0 Å². The fourth-order valence-electron chi connectivity index (χ4n) is 2.98. The Bertz CT molecular complexity index is 387. The van der Waals surface area contributed by atoms with E-state index in [2.05, 4.69) is 44.0 Å². The molecule has 2 rings (SSSR count). The minimum atomic E-state index is 0.507. The van der Waals surface area contributed by atoms with Crippen molar-refractivity contribution in [3.05, 3.63) is 34.9 Å². The number of nitrogens with two attached hydrogens (primary N) is 1. The van der Waals surface area contributed by atoms with Crippen LogP contribution < -0.4 is 5.73 Å². The molecule has 0 bridgehead atoms. The van der Waals surface area contributed by atoms with Crippen LogP contribution in [0.25, 0.3) is 0 Å². The third kappa shape index (κ3) is 2.53. The van der Waals surface area contributed by atoms with Gasteiger partial charge in [-0.15, -0.1) is 0 Å². The molecule has 0 aromatic heterocycles. The Morgan fingerprint density at radius 2 is 2.06 bits per heavy atom. The van der Waals surface area contributed by atoms with Gasteiger partial charge in [-0.2, -0.15) is 0 Å². The molecule has 1 heterocycles. The van der Waals surface area contributed by atoms with Gasteiger partial charge in [-0.1, -0.05) is 18.2 Å². The molecule has 0 radical (unpaired) electrons. The zero-order chi connectivity index (χ0) is 12.4. The fourth-order valence-corrected chi connectivity index (χ4v) is 2.98. The molecule has 0 spiro atoms. The van der Waals surface area contributed by atoms with Crippen LogP contribution in [0.5, 0.6) is 0 Å². The highest BCUT2D eigenvalue weighted by molar-refractivity contribution is 5.32. The highest BCUT2D eigenvalue weighted by Gasteiger charge is 2.29. The van der Waals surface area contributed by atoms with Gasteiger partial charge >= 0.3 is 0 Å². The predicted molar refractivity (Wildman–Crippen MR) is 73.1 cm³/mol. The molecule has 1 aliphatic heterocycles. The summed E-state index contributed by atoms with van der Waals surface area (Å²) in [6, 6.07) is 7.36. The quantitative estimate of drug-likeness (QED) is 0.849. The molecule has 1 saturated heterocycles. The number of hydrogen-bond acceptors (Lipinski definition) is 2. The van der Waals surface area contributed by atoms with Gasteiger partial charge < -0.3 is 5.73 Å². The van der Waals surface area contributed by atoms with Crippen molar-refractivity contribution in [1.29, 1.82) is 0 Å². The summed E-state index contributed by atoms with van der Waals surface area (Å²) in [5.41, 5.74) is 10.1. The summed E-state index contributed by atoms with van der Waals surface area (Å²) in [5, 5.41) is 0. The van der Waals surface area contributed by atoms with Gasteiger partial charge in [0.15, 0.2) is 0 Å². The lowest BCUT2D eigenvalue weighted by molar-refractivity contribution is 0.125. The molecule has 94 valence electrons. The van der Waals surface area contributed by atoms with E-state index in [4.69, 9.17) is 5.73 Å². The summed E-state index contributed by atoms with van der Waals surface area (Å²) in [5.74, 6) is 0.607. The molecule has 0 amide bonds. The van der Waals surface area contributed by atoms with Gasteiger partial charge in [-0.05, 0) is 69.4 Å². The van der Waals surface area contributed by atoms with E-state index >= 15 is 0 Å². The van der Waals surface area contributed by atoms with Crippen molar-refractivity contribution in [2.24, 2.45) is 11.7 Å². The van der Waals surface area contributed by atoms with E-state index in [0.717, 1.165) is 6.54 Å². The molecule has 0 unspecified atom stereocenters. The topological polar surface area (TPSA) is 29.3 Å². The Balaban J connectivity index is 2.31. The van der Waals surface area contributed by atoms with E-state index in [0.29, 0.717) is 12.0 Å². The zero-order valence-corrected chi connectivity index (χ0v) is 11.2. The third-order valence-electron chi connectivity index (χ3n) is 4.18. The average molecular weight is 232 g/mol. The van der Waals surface area contributed by atoms with Crippen LogP contribution in [0.15, 0.2) is 18.2 Å². The van der Waals surface area contributed by atoms with Gasteiger partial charge in [0, 0.05) is 6.04 Å². The first-order chi connectivity index (χ1) is 8.13. The number of benzene rings is 1. The van der Waals surface area contributed by atoms with Gasteiger partial charge in [0.25, 0.3) is 0 Å². The minimum Gasteiger partial charge on any atom is -0.330 e. The first kappa shape index (κ1) is 12.6. The van der Waals surface area contributed by atoms with E-state index < -0.39 is 0 Å². The van der Waals surface area contributed by atoms with Crippen molar-refractivity contribution in [2.75, 3.05) is 20.1 Å². The van der Waals surface area contributed by atoms with Gasteiger partial charge in [0.2, 0.25) is 0 Å². The normalized spacial score (nSPS) is 26.1. The highest BCUT2D eigenvalue weighted by Crippen LogP contribution is 2.34. The van der Waals surface area contributed by atoms with Crippen LogP contribution >= 0.6 is 0 Å². The van der Waals surface area contributed by atoms with Crippen molar-refractivity contribution in [2.45, 2.75) is 32.7 Å². The van der Waals surface area contributed by atoms with Crippen LogP contribution in [0.3, 0.4) is 0 Å². The van der Waals surface area contributed by atoms with Crippen molar-refractivity contribution in [3.8, 4) is 0 Å². The summed E-state index contributed by atoms with van der Waals surface area (Å²) in [7, 11) is 2.22. The first-order valence-electron chi connectivity index (χ1n) is 6.61. The maximum Gasteiger partial charge on any atom is 0.0385 e. The van der Waals surface area contributed by atoms with E-state index in [1.54, 1.807) is 0 Å². The third-order valence-corrected chi connectivity index (χ3v) is 4.18. The molecule has 1 aromatic rings. The summed E-state index contributed by atoms with van der Waals surface area (Å²) >= 11 is 0. The number of rotatable bonds is 2. The standard InChI is InChI=1S/C15H24N2/c1-11-6-7-13(9-12(11)2)15-14(10-16)5-4-8-17(15)3/h6-7,9,14-15H,4-5,8,10,16H2,1-3H3/t14-,15-/m1/s1. The Morgan fingerprint density at radius 1 is 1.29 bits per heavy atom. The van der Waals surface area contributed by atoms with Gasteiger partial charge in [-0.25, -0.2) is 0 Å². The Morgan fingerprint density at radius 3 is 2.71 bits per heavy atom. The Labute approximate surface area is 105 Å². The molecule has 1 aromatic carbocycles. The molecule has 1 aliphatic rings. The maximum absolute atomic E-state index is 5.93. The lowest BCUT2D eigenvalue weighted by Gasteiger charge is -2.39. The number of likely N-dealkylation sites (tertiary alicyclic amines) is 1. The van der Waals surface area contributed by atoms with Gasteiger partial charge in [0.1, 0.15) is 0 Å². The average Bonchev–Trinajstić information content (AvgIpc) is 2.32. The van der Waals surface area contributed by atoms with Crippen molar-refractivity contribution in [1.82, 2.24) is 4.90 Å². The van der Waals surface area contributed by atoms with E-state index in [-0.39, 0.29) is 0 Å². The maximum atomic E-state index is 5.93. The minimum absolute atomic E-state index is 0.507. The molecule has 17 heavy (non-hydrogen) atoms. The van der Waals surface area contributed by atoms with E-state index in [1.165, 1.54) is 36.1 Å². The largest absolute Gasteiger partial charge is 0.330 e. The van der Waals surface area contributed by atoms with Gasteiger partial charge in [-0.3, -0.25) is 4.90 Å². The first-order valence-corrected chi connectivity index (χ1v) is 6.61. The van der Waals surface area contributed by atoms with Crippen LogP contribution in [0, 0.1) is 19.8 Å². The van der Waals surface area contributed by atoms with Crippen molar-refractivity contribution >= 4 is 0 Å². The van der Waals surface area contributed by atoms with Crippen molar-refractivity contribution < 1.29 is 0 Å². The number of aryl methyl sites for hydroxylation is 2. The number of piperidine rings is 1. The molecule has 1 fully saturated rings. The summed E-state index contributed by atoms with van der Waals surface area (Å²) < 4.78 is 0. The summed E-state index contributed by atoms with van der Waals surface area (Å²) in [6.07, 6.45) is 2.54. The zero-order valence-electron chi connectivity index (χ0n) is 11.2. The fraction of sp³-hybridized carbons (Fsp3) is 0.600. The second kappa shape index (κ2) is 5.19. The molecule has 2 heteroatoms. The number of nitrogens with zero attached hydrogens (tertiary/aromatic N) is 1. The highest BCUT2D eigenvalue weighted by atomic mass is 15.1. The number of hydrogen-bond donors (Lipinski definition) is 1. The molecule has 2 N–H and O–H groups in total. The summed E-state index contributed by atoms with van der Waals surface area (Å²) in [6.45, 7) is 6.35. The lowest BCUT2D eigenvalue weighted by Crippen LogP contribution is -2.39.